The Bertz CT molecular complexity index is 1340. The van der Waals surface area contributed by atoms with Crippen molar-refractivity contribution in [3.05, 3.63) is 41.2 Å². The predicted octanol–water partition coefficient (Wildman–Crippen LogP) is -1.78. The highest BCUT2D eigenvalue weighted by molar-refractivity contribution is 5.69. The van der Waals surface area contributed by atoms with E-state index in [1.165, 1.54) is 19.1 Å². The first-order valence-corrected chi connectivity index (χ1v) is 13.2. The number of phenols is 5. The van der Waals surface area contributed by atoms with Crippen molar-refractivity contribution in [1.29, 1.82) is 0 Å². The molecule has 5 rings (SSSR count). The Morgan fingerprint density at radius 2 is 1.35 bits per heavy atom. The van der Waals surface area contributed by atoms with Gasteiger partial charge in [-0.2, -0.15) is 0 Å². The molecule has 12 N–H and O–H groups in total. The lowest BCUT2D eigenvalue weighted by Crippen LogP contribution is -2.61. The molecule has 3 aliphatic rings. The van der Waals surface area contributed by atoms with Gasteiger partial charge in [-0.3, -0.25) is 0 Å². The van der Waals surface area contributed by atoms with Crippen molar-refractivity contribution in [3.8, 4) is 34.5 Å². The van der Waals surface area contributed by atoms with E-state index in [-0.39, 0.29) is 28.4 Å². The number of aliphatic hydroxyl groups excluding tert-OH is 6. The molecule has 2 aromatic rings. The molecule has 2 saturated heterocycles. The third-order valence-electron chi connectivity index (χ3n) is 7.51. The summed E-state index contributed by atoms with van der Waals surface area (Å²) in [5, 5.41) is 112. The summed E-state index contributed by atoms with van der Waals surface area (Å²) in [5.41, 5.74) is 0.150. The van der Waals surface area contributed by atoms with Crippen LogP contribution in [0, 0.1) is 0 Å². The van der Waals surface area contributed by atoms with Gasteiger partial charge in [0.1, 0.15) is 59.8 Å². The van der Waals surface area contributed by atoms with E-state index in [1.54, 1.807) is 0 Å². The fourth-order valence-electron chi connectivity index (χ4n) is 5.03. The molecule has 0 aromatic heterocycles. The number of hydrogen-bond acceptors (Lipinski definition) is 15. The Labute approximate surface area is 243 Å². The maximum atomic E-state index is 10.7. The van der Waals surface area contributed by atoms with Gasteiger partial charge in [-0.1, -0.05) is 0 Å². The molecule has 1 unspecified atom stereocenters. The van der Waals surface area contributed by atoms with Crippen LogP contribution < -0.4 is 0 Å². The second-order valence-electron chi connectivity index (χ2n) is 10.5. The quantitative estimate of drug-likeness (QED) is 0.127. The third kappa shape index (κ3) is 5.84. The average molecular weight is 614 g/mol. The van der Waals surface area contributed by atoms with Crippen LogP contribution in [-0.2, 0) is 18.9 Å². The normalized spacial score (nSPS) is 35.9. The molecule has 0 aliphatic carbocycles. The van der Waals surface area contributed by atoms with Gasteiger partial charge in [-0.25, -0.2) is 0 Å². The van der Waals surface area contributed by atoms with Gasteiger partial charge in [-0.15, -0.1) is 0 Å². The van der Waals surface area contributed by atoms with Crippen molar-refractivity contribution < 1.29 is 79.9 Å². The van der Waals surface area contributed by atoms with Crippen LogP contribution in [0.3, 0.4) is 0 Å². The van der Waals surface area contributed by atoms with Crippen LogP contribution in [0.4, 0.5) is 0 Å². The first-order valence-electron chi connectivity index (χ1n) is 13.2. The maximum absolute atomic E-state index is 10.7. The molecule has 0 amide bonds. The molecule has 2 aromatic carbocycles. The first kappa shape index (κ1) is 30.9. The van der Waals surface area contributed by atoms with Crippen molar-refractivity contribution >= 4 is 6.08 Å². The average Bonchev–Trinajstić information content (AvgIpc) is 2.96. The fraction of sp³-hybridized carbons (Fsp3) is 0.481. The van der Waals surface area contributed by atoms with Gasteiger partial charge >= 0.3 is 0 Å². The van der Waals surface area contributed by atoms with E-state index in [2.05, 4.69) is 4.74 Å². The van der Waals surface area contributed by atoms with E-state index in [0.29, 0.717) is 0 Å². The zero-order valence-corrected chi connectivity index (χ0v) is 22.4. The van der Waals surface area contributed by atoms with Crippen LogP contribution in [0.15, 0.2) is 30.0 Å². The lowest BCUT2D eigenvalue weighted by molar-refractivity contribution is -0.325. The first-order chi connectivity index (χ1) is 20.3. The molecule has 0 spiro atoms. The van der Waals surface area contributed by atoms with Gasteiger partial charge < -0.3 is 79.9 Å². The largest absolute Gasteiger partial charge is 0.571 e. The number of rotatable bonds is 6. The molecule has 43 heavy (non-hydrogen) atoms. The minimum Gasteiger partial charge on any atom is -0.571 e. The molecule has 2 fully saturated rings. The summed E-state index contributed by atoms with van der Waals surface area (Å²) in [4.78, 5) is 0. The Kier molecular flexibility index (Phi) is 8.50. The minimum atomic E-state index is -1.85. The Morgan fingerprint density at radius 1 is 0.721 bits per heavy atom. The molecular formula is C27H33O16+. The van der Waals surface area contributed by atoms with Crippen molar-refractivity contribution in [2.75, 3.05) is 6.61 Å². The van der Waals surface area contributed by atoms with Gasteiger partial charge in [0.05, 0.1) is 24.3 Å². The topological polar surface area (TPSA) is 272 Å². The minimum absolute atomic E-state index is 0.0663. The van der Waals surface area contributed by atoms with Crippen molar-refractivity contribution in [3.63, 3.8) is 0 Å². The van der Waals surface area contributed by atoms with Crippen LogP contribution in [0.25, 0.3) is 6.08 Å². The summed E-state index contributed by atoms with van der Waals surface area (Å²) in [6, 6.07) is 4.42. The monoisotopic (exact) mass is 613 g/mol. The number of fused-ring (bicyclic) bond motifs is 1. The van der Waals surface area contributed by atoms with Crippen LogP contribution in [-0.4, -0.2) is 129 Å². The zero-order valence-electron chi connectivity index (χ0n) is 22.4. The summed E-state index contributed by atoms with van der Waals surface area (Å²) in [6.07, 6.45) is -15.4. The highest BCUT2D eigenvalue weighted by atomic mass is 16.7. The molecule has 0 radical (unpaired) electrons. The van der Waals surface area contributed by atoms with Crippen LogP contribution >= 0.6 is 0 Å². The van der Waals surface area contributed by atoms with Crippen LogP contribution in [0.1, 0.15) is 24.2 Å². The maximum Gasteiger partial charge on any atom is 0.270 e. The summed E-state index contributed by atoms with van der Waals surface area (Å²) >= 11 is 0. The molecule has 16 heteroatoms. The molecule has 0 bridgehead atoms. The molecule has 0 saturated carbocycles. The lowest BCUT2D eigenvalue weighted by atomic mass is 9.98. The lowest BCUT2D eigenvalue weighted by Gasteiger charge is -2.42. The Hall–Kier alpha value is -3.58. The van der Waals surface area contributed by atoms with Crippen molar-refractivity contribution in [1.82, 2.24) is 0 Å². The molecule has 236 valence electrons. The second kappa shape index (κ2) is 11.8. The molecule has 11 atom stereocenters. The second-order valence-corrected chi connectivity index (χ2v) is 10.5. The van der Waals surface area contributed by atoms with E-state index < -0.39 is 97.1 Å². The van der Waals surface area contributed by atoms with E-state index in [4.69, 9.17) is 18.9 Å². The van der Waals surface area contributed by atoms with Crippen LogP contribution in [0.5, 0.6) is 34.5 Å². The SMILES string of the molecule is C[C@@H]1O[C@@H](OC[C@@H]2O[C@@H](OC3=Cc4c(O)cc(O)cc4[OH+]C3c3cc(O)c(O)c(O)c3)[C@@H](O)[C@@H](O)[C@H]2O)[C@H](O)[C@@H](O)[C@H]1O. The van der Waals surface area contributed by atoms with E-state index in [0.717, 1.165) is 18.2 Å². The van der Waals surface area contributed by atoms with Crippen molar-refractivity contribution in [2.45, 2.75) is 74.4 Å². The Balaban J connectivity index is 1.41. The number of aliphatic hydroxyl groups is 7. The third-order valence-corrected chi connectivity index (χ3v) is 7.51. The van der Waals surface area contributed by atoms with Gasteiger partial charge in [-0.05, 0) is 19.1 Å². The number of benzene rings is 2. The van der Waals surface area contributed by atoms with Gasteiger partial charge in [0.2, 0.25) is 6.29 Å². The predicted molar refractivity (Wildman–Crippen MR) is 140 cm³/mol. The summed E-state index contributed by atoms with van der Waals surface area (Å²) in [6.45, 7) is 0.897. The number of aromatic hydroxyl groups is 6. The smallest absolute Gasteiger partial charge is 0.270 e. The number of ether oxygens (including phenoxy) is 5. The molecular weight excluding hydrogens is 580 g/mol. The van der Waals surface area contributed by atoms with Gasteiger partial charge in [0, 0.05) is 12.1 Å². The van der Waals surface area contributed by atoms with Gasteiger partial charge in [0.25, 0.3) is 11.9 Å². The van der Waals surface area contributed by atoms with Crippen molar-refractivity contribution in [2.24, 2.45) is 0 Å². The molecule has 16 nitrogen and oxygen atoms in total. The van der Waals surface area contributed by atoms with Gasteiger partial charge in [0.15, 0.2) is 29.3 Å². The Morgan fingerprint density at radius 3 is 2.02 bits per heavy atom. The van der Waals surface area contributed by atoms with E-state index >= 15 is 0 Å². The summed E-state index contributed by atoms with van der Waals surface area (Å²) in [5.74, 6) is -2.97. The number of phenolic OH excluding ortho intramolecular Hbond substituents is 5. The summed E-state index contributed by atoms with van der Waals surface area (Å²) in [7, 11) is 0. The summed E-state index contributed by atoms with van der Waals surface area (Å²) < 4.78 is 26.8. The highest BCUT2D eigenvalue weighted by Crippen LogP contribution is 2.47. The van der Waals surface area contributed by atoms with E-state index in [1.807, 2.05) is 0 Å². The highest BCUT2D eigenvalue weighted by Gasteiger charge is 2.48. The number of hydrogen-bond donors (Lipinski definition) is 11. The molecule has 3 heterocycles. The van der Waals surface area contributed by atoms with Crippen LogP contribution in [0.2, 0.25) is 0 Å². The zero-order chi connectivity index (χ0) is 31.3. The standard InChI is InChI=1S/C27H32O16/c1-8-18(32)21(35)23(37)26(40-8)39-7-17-20(34)22(36)24(38)27(43-17)42-16-6-11-12(29)4-10(28)5-15(11)41-25(16)9-2-13(30)19(33)14(31)3-9/h2-6,8,17-18,20-38H,7H2,1H3/p+1/t8-,17-,18-,20-,21-,22-,23+,24-,25?,26+,27+/m0/s1. The fourth-order valence-corrected chi connectivity index (χ4v) is 5.03. The van der Waals surface area contributed by atoms with E-state index in [9.17, 15) is 56.2 Å². The molecule has 3 aliphatic heterocycles.